The number of nitrogens with two attached hydrogens (primary N) is 1. The van der Waals surface area contributed by atoms with Crippen LogP contribution in [0.1, 0.15) is 5.56 Å². The molecule has 0 aliphatic heterocycles. The molecule has 0 amide bonds. The van der Waals surface area contributed by atoms with Crippen molar-refractivity contribution in [2.75, 3.05) is 13.7 Å². The van der Waals surface area contributed by atoms with E-state index in [1.807, 2.05) is 6.07 Å². The topological polar surface area (TPSA) is 83.9 Å². The quantitative estimate of drug-likeness (QED) is 0.785. The maximum Gasteiger partial charge on any atom is 0.267 e. The summed E-state index contributed by atoms with van der Waals surface area (Å²) < 4.78 is 5.09. The van der Waals surface area contributed by atoms with Crippen molar-refractivity contribution in [3.63, 3.8) is 0 Å². The zero-order chi connectivity index (χ0) is 13.1. The van der Waals surface area contributed by atoms with Crippen LogP contribution in [0, 0.1) is 0 Å². The monoisotopic (exact) mass is 267 g/mol. The predicted molar refractivity (Wildman–Crippen MR) is 71.2 cm³/mol. The lowest BCUT2D eigenvalue weighted by Crippen LogP contribution is -2.12. The Bertz CT molecular complexity index is 604. The van der Waals surface area contributed by atoms with Crippen LogP contribution in [-0.2, 0) is 6.42 Å². The number of benzene rings is 1. The molecule has 0 spiro atoms. The summed E-state index contributed by atoms with van der Waals surface area (Å²) in [6, 6.07) is 5.35. The minimum absolute atomic E-state index is 0.151. The molecule has 1 aromatic carbocycles. The Kier molecular flexibility index (Phi) is 3.74. The van der Waals surface area contributed by atoms with E-state index in [-0.39, 0.29) is 5.56 Å². The largest absolute Gasteiger partial charge is 0.495 e. The Morgan fingerprint density at radius 3 is 2.78 bits per heavy atom. The number of aromatic nitrogens is 2. The fourth-order valence-electron chi connectivity index (χ4n) is 1.83. The summed E-state index contributed by atoms with van der Waals surface area (Å²) in [5, 5.41) is 5.90. The highest BCUT2D eigenvalue weighted by Crippen LogP contribution is 2.30. The summed E-state index contributed by atoms with van der Waals surface area (Å²) in [6.45, 7) is 0.415. The molecule has 0 aliphatic rings. The van der Waals surface area contributed by atoms with Gasteiger partial charge in [-0.25, -0.2) is 0 Å². The van der Waals surface area contributed by atoms with Gasteiger partial charge in [0.25, 0.3) is 5.56 Å². The molecular weight excluding hydrogens is 254 g/mol. The lowest BCUT2D eigenvalue weighted by molar-refractivity contribution is 0.415. The van der Waals surface area contributed by atoms with Crippen LogP contribution in [0.2, 0.25) is 5.02 Å². The smallest absolute Gasteiger partial charge is 0.267 e. The first-order valence-electron chi connectivity index (χ1n) is 5.51. The van der Waals surface area contributed by atoms with Gasteiger partial charge in [0.1, 0.15) is 5.75 Å². The predicted octanol–water partition coefficient (Wildman–Crippen LogP) is 1.53. The van der Waals surface area contributed by atoms with Crippen molar-refractivity contribution < 1.29 is 4.74 Å². The highest BCUT2D eigenvalue weighted by atomic mass is 35.5. The second-order valence-corrected chi connectivity index (χ2v) is 4.23. The van der Waals surface area contributed by atoms with Crippen molar-refractivity contribution in [1.29, 1.82) is 0 Å². The normalized spacial score (nSPS) is 10.6. The molecule has 0 bridgehead atoms. The standard InChI is InChI=1S/C12H14ClN3O2/c1-18-10-3-2-7(6-9(10)13)11-8(4-5-14)12(17)16-15-11/h2-3,6H,4-5,14H2,1H3,(H2,15,16,17). The molecule has 0 atom stereocenters. The third-order valence-corrected chi connectivity index (χ3v) is 3.01. The molecule has 1 aromatic heterocycles. The number of halogens is 1. The van der Waals surface area contributed by atoms with Crippen molar-refractivity contribution in [2.45, 2.75) is 6.42 Å². The van der Waals surface area contributed by atoms with Crippen LogP contribution < -0.4 is 16.0 Å². The Hall–Kier alpha value is -1.72. The number of aromatic amines is 2. The van der Waals surface area contributed by atoms with E-state index >= 15 is 0 Å². The Morgan fingerprint density at radius 1 is 1.39 bits per heavy atom. The summed E-state index contributed by atoms with van der Waals surface area (Å²) in [6.07, 6.45) is 0.512. The van der Waals surface area contributed by atoms with E-state index < -0.39 is 0 Å². The lowest BCUT2D eigenvalue weighted by atomic mass is 10.1. The number of rotatable bonds is 4. The first kappa shape index (κ1) is 12.7. The fraction of sp³-hybridized carbons (Fsp3) is 0.250. The molecule has 1 heterocycles. The molecule has 0 fully saturated rings. The van der Waals surface area contributed by atoms with Gasteiger partial charge in [-0.15, -0.1) is 0 Å². The number of hydrogen-bond donors (Lipinski definition) is 3. The van der Waals surface area contributed by atoms with Gasteiger partial charge in [0.15, 0.2) is 0 Å². The van der Waals surface area contributed by atoms with E-state index in [1.165, 1.54) is 0 Å². The molecule has 0 aliphatic carbocycles. The molecule has 0 radical (unpaired) electrons. The maximum absolute atomic E-state index is 11.6. The highest BCUT2D eigenvalue weighted by Gasteiger charge is 2.12. The number of ether oxygens (including phenoxy) is 1. The average molecular weight is 268 g/mol. The van der Waals surface area contributed by atoms with E-state index in [1.54, 1.807) is 19.2 Å². The van der Waals surface area contributed by atoms with E-state index in [9.17, 15) is 4.79 Å². The van der Waals surface area contributed by atoms with E-state index in [0.29, 0.717) is 29.3 Å². The van der Waals surface area contributed by atoms with Gasteiger partial charge < -0.3 is 10.5 Å². The second-order valence-electron chi connectivity index (χ2n) is 3.82. The fourth-order valence-corrected chi connectivity index (χ4v) is 2.09. The number of nitrogens with one attached hydrogen (secondary N) is 2. The summed E-state index contributed by atoms with van der Waals surface area (Å²) in [5.74, 6) is 0.596. The summed E-state index contributed by atoms with van der Waals surface area (Å²) in [4.78, 5) is 11.6. The lowest BCUT2D eigenvalue weighted by Gasteiger charge is -2.06. The molecule has 0 saturated heterocycles. The minimum Gasteiger partial charge on any atom is -0.495 e. The third kappa shape index (κ3) is 2.27. The Morgan fingerprint density at radius 2 is 2.17 bits per heavy atom. The minimum atomic E-state index is -0.151. The molecule has 6 heteroatoms. The molecule has 96 valence electrons. The molecule has 0 unspecified atom stereocenters. The summed E-state index contributed by atoms with van der Waals surface area (Å²) in [5.41, 5.74) is 7.52. The van der Waals surface area contributed by atoms with Gasteiger partial charge in [0.2, 0.25) is 0 Å². The summed E-state index contributed by atoms with van der Waals surface area (Å²) >= 11 is 6.06. The van der Waals surface area contributed by atoms with Gasteiger partial charge in [-0.2, -0.15) is 0 Å². The molecule has 0 saturated carbocycles. The SMILES string of the molecule is COc1ccc(-c2[nH][nH]c(=O)c2CCN)cc1Cl. The first-order chi connectivity index (χ1) is 8.67. The van der Waals surface area contributed by atoms with E-state index in [2.05, 4.69) is 10.2 Å². The van der Waals surface area contributed by atoms with Gasteiger partial charge in [0.05, 0.1) is 17.8 Å². The van der Waals surface area contributed by atoms with Crippen molar-refractivity contribution in [2.24, 2.45) is 5.73 Å². The van der Waals surface area contributed by atoms with Crippen molar-refractivity contribution in [3.8, 4) is 17.0 Å². The third-order valence-electron chi connectivity index (χ3n) is 2.71. The molecule has 2 rings (SSSR count). The number of H-pyrrole nitrogens is 2. The van der Waals surface area contributed by atoms with E-state index in [4.69, 9.17) is 22.1 Å². The number of hydrogen-bond acceptors (Lipinski definition) is 3. The summed E-state index contributed by atoms with van der Waals surface area (Å²) in [7, 11) is 1.55. The van der Waals surface area contributed by atoms with Crippen LogP contribution in [0.25, 0.3) is 11.3 Å². The van der Waals surface area contributed by atoms with Gasteiger partial charge in [-0.3, -0.25) is 15.0 Å². The van der Waals surface area contributed by atoms with Crippen molar-refractivity contribution >= 4 is 11.6 Å². The molecule has 2 aromatic rings. The van der Waals surface area contributed by atoms with Gasteiger partial charge >= 0.3 is 0 Å². The van der Waals surface area contributed by atoms with Crippen molar-refractivity contribution in [1.82, 2.24) is 10.2 Å². The van der Waals surface area contributed by atoms with Crippen LogP contribution in [0.4, 0.5) is 0 Å². The molecular formula is C12H14ClN3O2. The van der Waals surface area contributed by atoms with E-state index in [0.717, 1.165) is 11.3 Å². The van der Waals surface area contributed by atoms with Gasteiger partial charge in [-0.05, 0) is 31.2 Å². The maximum atomic E-state index is 11.6. The molecule has 5 nitrogen and oxygen atoms in total. The van der Waals surface area contributed by atoms with Crippen LogP contribution in [0.3, 0.4) is 0 Å². The molecule has 4 N–H and O–H groups in total. The average Bonchev–Trinajstić information content (AvgIpc) is 2.72. The highest BCUT2D eigenvalue weighted by molar-refractivity contribution is 6.32. The van der Waals surface area contributed by atoms with Gasteiger partial charge in [0, 0.05) is 11.1 Å². The Balaban J connectivity index is 2.49. The van der Waals surface area contributed by atoms with Crippen LogP contribution >= 0.6 is 11.6 Å². The first-order valence-corrected chi connectivity index (χ1v) is 5.88. The second kappa shape index (κ2) is 5.29. The number of methoxy groups -OCH3 is 1. The van der Waals surface area contributed by atoms with Crippen LogP contribution in [0.5, 0.6) is 5.75 Å². The van der Waals surface area contributed by atoms with Gasteiger partial charge in [-0.1, -0.05) is 11.6 Å². The van der Waals surface area contributed by atoms with Crippen LogP contribution in [-0.4, -0.2) is 23.9 Å². The van der Waals surface area contributed by atoms with Crippen molar-refractivity contribution in [3.05, 3.63) is 39.1 Å². The molecule has 18 heavy (non-hydrogen) atoms. The zero-order valence-electron chi connectivity index (χ0n) is 9.92. The van der Waals surface area contributed by atoms with Crippen LogP contribution in [0.15, 0.2) is 23.0 Å². The zero-order valence-corrected chi connectivity index (χ0v) is 10.7. The Labute approximate surface area is 109 Å².